The van der Waals surface area contributed by atoms with E-state index in [0.29, 0.717) is 18.3 Å². The number of nitrogens with zero attached hydrogens (tertiary/aromatic N) is 2. The summed E-state index contributed by atoms with van der Waals surface area (Å²) >= 11 is 0. The van der Waals surface area contributed by atoms with E-state index in [0.717, 1.165) is 25.0 Å². The molecule has 0 fully saturated rings. The zero-order valence-corrected chi connectivity index (χ0v) is 10.9. The number of aromatic nitrogens is 2. The van der Waals surface area contributed by atoms with Gasteiger partial charge in [0.2, 0.25) is 0 Å². The monoisotopic (exact) mass is 259 g/mol. The molecule has 0 radical (unpaired) electrons. The SMILES string of the molecule is CCc1noc(COc2ccc3c(c2)CC[C@@H]3N)n1. The van der Waals surface area contributed by atoms with Crippen molar-refractivity contribution in [3.05, 3.63) is 41.0 Å². The number of rotatable bonds is 4. The molecule has 0 unspecified atom stereocenters. The molecular formula is C14H17N3O2. The Balaban J connectivity index is 1.67. The van der Waals surface area contributed by atoms with Crippen molar-refractivity contribution >= 4 is 0 Å². The minimum absolute atomic E-state index is 0.173. The molecule has 5 heteroatoms. The van der Waals surface area contributed by atoms with Crippen molar-refractivity contribution in [2.75, 3.05) is 0 Å². The molecule has 0 spiro atoms. The zero-order valence-electron chi connectivity index (χ0n) is 10.9. The van der Waals surface area contributed by atoms with Crippen molar-refractivity contribution < 1.29 is 9.26 Å². The second kappa shape index (κ2) is 5.01. The Morgan fingerprint density at radius 3 is 3.16 bits per heavy atom. The first-order valence-corrected chi connectivity index (χ1v) is 6.59. The average molecular weight is 259 g/mol. The Labute approximate surface area is 111 Å². The molecule has 1 atom stereocenters. The van der Waals surface area contributed by atoms with Crippen molar-refractivity contribution in [3.8, 4) is 5.75 Å². The summed E-state index contributed by atoms with van der Waals surface area (Å²) in [6.45, 7) is 2.29. The molecule has 1 aromatic carbocycles. The molecule has 1 heterocycles. The van der Waals surface area contributed by atoms with Crippen LogP contribution >= 0.6 is 0 Å². The lowest BCUT2D eigenvalue weighted by atomic mass is 10.1. The molecular weight excluding hydrogens is 242 g/mol. The summed E-state index contributed by atoms with van der Waals surface area (Å²) in [4.78, 5) is 4.21. The van der Waals surface area contributed by atoms with E-state index >= 15 is 0 Å². The molecule has 5 nitrogen and oxygen atoms in total. The van der Waals surface area contributed by atoms with Gasteiger partial charge in [-0.1, -0.05) is 18.1 Å². The Kier molecular flexibility index (Phi) is 3.21. The van der Waals surface area contributed by atoms with Crippen LogP contribution in [0, 0.1) is 0 Å². The van der Waals surface area contributed by atoms with Crippen LogP contribution in [0.1, 0.15) is 42.2 Å². The minimum Gasteiger partial charge on any atom is -0.484 e. The Morgan fingerprint density at radius 1 is 1.47 bits per heavy atom. The Hall–Kier alpha value is -1.88. The van der Waals surface area contributed by atoms with E-state index < -0.39 is 0 Å². The van der Waals surface area contributed by atoms with Gasteiger partial charge in [0, 0.05) is 12.5 Å². The lowest BCUT2D eigenvalue weighted by Crippen LogP contribution is -2.05. The van der Waals surface area contributed by atoms with Crippen molar-refractivity contribution in [1.29, 1.82) is 0 Å². The molecule has 0 amide bonds. The van der Waals surface area contributed by atoms with Crippen LogP contribution in [-0.2, 0) is 19.4 Å². The lowest BCUT2D eigenvalue weighted by Gasteiger charge is -2.07. The summed E-state index contributed by atoms with van der Waals surface area (Å²) < 4.78 is 10.8. The van der Waals surface area contributed by atoms with E-state index in [1.807, 2.05) is 19.1 Å². The van der Waals surface area contributed by atoms with Gasteiger partial charge in [0.25, 0.3) is 5.89 Å². The zero-order chi connectivity index (χ0) is 13.2. The summed E-state index contributed by atoms with van der Waals surface area (Å²) in [7, 11) is 0. The van der Waals surface area contributed by atoms with Gasteiger partial charge in [-0.05, 0) is 36.1 Å². The predicted octanol–water partition coefficient (Wildman–Crippen LogP) is 2.16. The fraction of sp³-hybridized carbons (Fsp3) is 0.429. The van der Waals surface area contributed by atoms with Gasteiger partial charge in [0.1, 0.15) is 5.75 Å². The molecule has 0 saturated carbocycles. The molecule has 1 aromatic heterocycles. The van der Waals surface area contributed by atoms with Crippen molar-refractivity contribution in [2.24, 2.45) is 5.73 Å². The van der Waals surface area contributed by atoms with Crippen LogP contribution < -0.4 is 10.5 Å². The fourth-order valence-electron chi connectivity index (χ4n) is 2.35. The van der Waals surface area contributed by atoms with Crippen LogP contribution in [0.5, 0.6) is 5.75 Å². The van der Waals surface area contributed by atoms with Gasteiger partial charge in [-0.2, -0.15) is 4.98 Å². The number of benzene rings is 1. The van der Waals surface area contributed by atoms with Crippen molar-refractivity contribution in [1.82, 2.24) is 10.1 Å². The maximum absolute atomic E-state index is 6.01. The van der Waals surface area contributed by atoms with Crippen molar-refractivity contribution in [2.45, 2.75) is 38.8 Å². The molecule has 100 valence electrons. The first kappa shape index (κ1) is 12.2. The molecule has 0 saturated heterocycles. The summed E-state index contributed by atoms with van der Waals surface area (Å²) in [5.74, 6) is 2.04. The highest BCUT2D eigenvalue weighted by molar-refractivity contribution is 5.40. The second-order valence-electron chi connectivity index (χ2n) is 4.75. The van der Waals surface area contributed by atoms with Gasteiger partial charge in [0.15, 0.2) is 12.4 Å². The molecule has 2 aromatic rings. The molecule has 0 bridgehead atoms. The molecule has 2 N–H and O–H groups in total. The highest BCUT2D eigenvalue weighted by atomic mass is 16.5. The lowest BCUT2D eigenvalue weighted by molar-refractivity contribution is 0.242. The Bertz CT molecular complexity index is 580. The van der Waals surface area contributed by atoms with Crippen molar-refractivity contribution in [3.63, 3.8) is 0 Å². The van der Waals surface area contributed by atoms with Crippen LogP contribution in [0.3, 0.4) is 0 Å². The van der Waals surface area contributed by atoms with Gasteiger partial charge in [-0.15, -0.1) is 0 Å². The molecule has 1 aliphatic carbocycles. The van der Waals surface area contributed by atoms with Crippen LogP contribution in [0.2, 0.25) is 0 Å². The highest BCUT2D eigenvalue weighted by Crippen LogP contribution is 2.31. The van der Waals surface area contributed by atoms with E-state index in [4.69, 9.17) is 15.0 Å². The molecule has 1 aliphatic rings. The summed E-state index contributed by atoms with van der Waals surface area (Å²) in [5.41, 5.74) is 8.52. The first-order chi connectivity index (χ1) is 9.26. The smallest absolute Gasteiger partial charge is 0.264 e. The number of hydrogen-bond acceptors (Lipinski definition) is 5. The summed E-state index contributed by atoms with van der Waals surface area (Å²) in [6.07, 6.45) is 2.80. The normalized spacial score (nSPS) is 17.5. The summed E-state index contributed by atoms with van der Waals surface area (Å²) in [6, 6.07) is 6.22. The average Bonchev–Trinajstić information content (AvgIpc) is 3.03. The molecule has 3 rings (SSSR count). The van der Waals surface area contributed by atoms with E-state index in [9.17, 15) is 0 Å². The van der Waals surface area contributed by atoms with Gasteiger partial charge in [0.05, 0.1) is 0 Å². The maximum atomic E-state index is 6.01. The Morgan fingerprint density at radius 2 is 2.37 bits per heavy atom. The minimum atomic E-state index is 0.173. The number of fused-ring (bicyclic) bond motifs is 1. The van der Waals surface area contributed by atoms with Crippen LogP contribution in [0.15, 0.2) is 22.7 Å². The van der Waals surface area contributed by atoms with Crippen LogP contribution in [-0.4, -0.2) is 10.1 Å². The van der Waals surface area contributed by atoms with E-state index in [1.165, 1.54) is 11.1 Å². The predicted molar refractivity (Wildman–Crippen MR) is 69.7 cm³/mol. The molecule has 0 aliphatic heterocycles. The van der Waals surface area contributed by atoms with E-state index in [1.54, 1.807) is 0 Å². The summed E-state index contributed by atoms with van der Waals surface area (Å²) in [5, 5.41) is 3.83. The third-order valence-corrected chi connectivity index (χ3v) is 3.43. The highest BCUT2D eigenvalue weighted by Gasteiger charge is 2.19. The van der Waals surface area contributed by atoms with Crippen LogP contribution in [0.4, 0.5) is 0 Å². The molecule has 19 heavy (non-hydrogen) atoms. The van der Waals surface area contributed by atoms with E-state index in [2.05, 4.69) is 16.2 Å². The quantitative estimate of drug-likeness (QED) is 0.910. The van der Waals surface area contributed by atoms with Gasteiger partial charge in [-0.25, -0.2) is 0 Å². The second-order valence-corrected chi connectivity index (χ2v) is 4.75. The fourth-order valence-corrected chi connectivity index (χ4v) is 2.35. The largest absolute Gasteiger partial charge is 0.484 e. The standard InChI is InChI=1S/C14H17N3O2/c1-2-13-16-14(19-17-13)8-18-10-4-5-11-9(7-10)3-6-12(11)15/h4-5,7,12H,2-3,6,8,15H2,1H3/t12-/m0/s1. The van der Waals surface area contributed by atoms with E-state index in [-0.39, 0.29) is 6.04 Å². The topological polar surface area (TPSA) is 74.2 Å². The van der Waals surface area contributed by atoms with Crippen LogP contribution in [0.25, 0.3) is 0 Å². The maximum Gasteiger partial charge on any atom is 0.264 e. The number of aryl methyl sites for hydroxylation is 2. The number of hydrogen-bond donors (Lipinski definition) is 1. The third-order valence-electron chi connectivity index (χ3n) is 3.43. The first-order valence-electron chi connectivity index (χ1n) is 6.59. The van der Waals surface area contributed by atoms with Gasteiger partial charge >= 0.3 is 0 Å². The van der Waals surface area contributed by atoms with Gasteiger partial charge < -0.3 is 15.0 Å². The number of nitrogens with two attached hydrogens (primary N) is 1. The third kappa shape index (κ3) is 2.46. The van der Waals surface area contributed by atoms with Gasteiger partial charge in [-0.3, -0.25) is 0 Å². The number of ether oxygens (including phenoxy) is 1.